The fraction of sp³-hybridized carbons (Fsp3) is 0.417. The maximum absolute atomic E-state index is 13.6. The van der Waals surface area contributed by atoms with Gasteiger partial charge in [0.25, 0.3) is 0 Å². The first kappa shape index (κ1) is 12.5. The first-order chi connectivity index (χ1) is 7.60. The molecule has 88 valence electrons. The van der Waals surface area contributed by atoms with Gasteiger partial charge in [-0.1, -0.05) is 6.07 Å². The van der Waals surface area contributed by atoms with Crippen LogP contribution in [0.2, 0.25) is 0 Å². The second kappa shape index (κ2) is 5.49. The third kappa shape index (κ3) is 2.72. The molecule has 1 rings (SSSR count). The fourth-order valence-corrected chi connectivity index (χ4v) is 1.73. The lowest BCUT2D eigenvalue weighted by Crippen LogP contribution is -2.24. The Balaban J connectivity index is 3.15. The number of aliphatic carboxylic acids is 1. The van der Waals surface area contributed by atoms with Gasteiger partial charge in [0.15, 0.2) is 0 Å². The molecule has 3 nitrogen and oxygen atoms in total. The number of hydrogen-bond donors (Lipinski definition) is 1. The average Bonchev–Trinajstić information content (AvgIpc) is 2.24. The van der Waals surface area contributed by atoms with Crippen molar-refractivity contribution >= 4 is 11.7 Å². The van der Waals surface area contributed by atoms with Crippen LogP contribution in [0.3, 0.4) is 0 Å². The molecule has 0 aliphatic heterocycles. The molecule has 16 heavy (non-hydrogen) atoms. The Bertz CT molecular complexity index is 375. The molecule has 0 saturated heterocycles. The van der Waals surface area contributed by atoms with Gasteiger partial charge in [-0.25, -0.2) is 4.39 Å². The van der Waals surface area contributed by atoms with E-state index in [1.807, 2.05) is 18.7 Å². The van der Waals surface area contributed by atoms with Gasteiger partial charge in [-0.15, -0.1) is 0 Å². The van der Waals surface area contributed by atoms with Crippen LogP contribution in [0, 0.1) is 5.82 Å². The lowest BCUT2D eigenvalue weighted by molar-refractivity contribution is -0.136. The van der Waals surface area contributed by atoms with E-state index in [1.165, 1.54) is 6.07 Å². The summed E-state index contributed by atoms with van der Waals surface area (Å²) in [4.78, 5) is 12.6. The predicted molar refractivity (Wildman–Crippen MR) is 61.3 cm³/mol. The molecule has 0 heterocycles. The van der Waals surface area contributed by atoms with Crippen LogP contribution in [0.15, 0.2) is 18.2 Å². The third-order valence-corrected chi connectivity index (χ3v) is 2.53. The molecule has 0 spiro atoms. The van der Waals surface area contributed by atoms with Crippen LogP contribution < -0.4 is 4.90 Å². The summed E-state index contributed by atoms with van der Waals surface area (Å²) in [6.45, 7) is 5.37. The number of carbonyl (C=O) groups is 1. The maximum atomic E-state index is 13.6. The standard InChI is InChI=1S/C12H16FNO2/c1-3-14(4-2)11-7-5-6-10(13)9(11)8-12(15)16/h5-7H,3-4,8H2,1-2H3,(H,15,16). The van der Waals surface area contributed by atoms with Crippen LogP contribution in [0.1, 0.15) is 19.4 Å². The summed E-state index contributed by atoms with van der Waals surface area (Å²) in [6, 6.07) is 4.66. The topological polar surface area (TPSA) is 40.5 Å². The zero-order valence-electron chi connectivity index (χ0n) is 9.53. The number of nitrogens with zero attached hydrogens (tertiary/aromatic N) is 1. The van der Waals surface area contributed by atoms with Crippen molar-refractivity contribution < 1.29 is 14.3 Å². The van der Waals surface area contributed by atoms with Crippen molar-refractivity contribution in [2.75, 3.05) is 18.0 Å². The summed E-state index contributed by atoms with van der Waals surface area (Å²) in [7, 11) is 0. The molecule has 0 saturated carbocycles. The molecule has 0 unspecified atom stereocenters. The van der Waals surface area contributed by atoms with Crippen LogP contribution in [-0.2, 0) is 11.2 Å². The highest BCUT2D eigenvalue weighted by atomic mass is 19.1. The normalized spacial score (nSPS) is 10.2. The van der Waals surface area contributed by atoms with E-state index in [9.17, 15) is 9.18 Å². The second-order valence-corrected chi connectivity index (χ2v) is 3.48. The van der Waals surface area contributed by atoms with Crippen LogP contribution >= 0.6 is 0 Å². The molecule has 0 aliphatic carbocycles. The second-order valence-electron chi connectivity index (χ2n) is 3.48. The molecular weight excluding hydrogens is 209 g/mol. The van der Waals surface area contributed by atoms with Crippen molar-refractivity contribution in [1.29, 1.82) is 0 Å². The number of carboxylic acids is 1. The number of carboxylic acid groups (broad SMARTS) is 1. The van der Waals surface area contributed by atoms with Crippen LogP contribution in [0.4, 0.5) is 10.1 Å². The summed E-state index contributed by atoms with van der Waals surface area (Å²) in [5.41, 5.74) is 0.936. The van der Waals surface area contributed by atoms with Crippen molar-refractivity contribution in [1.82, 2.24) is 0 Å². The maximum Gasteiger partial charge on any atom is 0.308 e. The summed E-state index contributed by atoms with van der Waals surface area (Å²) in [5.74, 6) is -1.47. The third-order valence-electron chi connectivity index (χ3n) is 2.53. The number of anilines is 1. The SMILES string of the molecule is CCN(CC)c1cccc(F)c1CC(=O)O. The first-order valence-corrected chi connectivity index (χ1v) is 5.34. The summed E-state index contributed by atoms with van der Waals surface area (Å²) in [6.07, 6.45) is -0.279. The van der Waals surface area contributed by atoms with E-state index in [2.05, 4.69) is 0 Å². The van der Waals surface area contributed by atoms with E-state index in [1.54, 1.807) is 12.1 Å². The summed E-state index contributed by atoms with van der Waals surface area (Å²) in [5, 5.41) is 8.76. The van der Waals surface area contributed by atoms with Crippen molar-refractivity contribution in [3.05, 3.63) is 29.6 Å². The van der Waals surface area contributed by atoms with E-state index >= 15 is 0 Å². The molecule has 4 heteroatoms. The zero-order valence-corrected chi connectivity index (χ0v) is 9.53. The van der Waals surface area contributed by atoms with Gasteiger partial charge in [-0.2, -0.15) is 0 Å². The highest BCUT2D eigenvalue weighted by Gasteiger charge is 2.15. The Morgan fingerprint density at radius 2 is 2.00 bits per heavy atom. The molecule has 0 bridgehead atoms. The van der Waals surface area contributed by atoms with E-state index in [0.29, 0.717) is 5.69 Å². The smallest absolute Gasteiger partial charge is 0.308 e. The Labute approximate surface area is 94.5 Å². The van der Waals surface area contributed by atoms with Gasteiger partial charge >= 0.3 is 5.97 Å². The minimum Gasteiger partial charge on any atom is -0.481 e. The van der Waals surface area contributed by atoms with Crippen LogP contribution in [0.5, 0.6) is 0 Å². The molecule has 0 aromatic heterocycles. The molecule has 0 amide bonds. The number of halogens is 1. The zero-order chi connectivity index (χ0) is 12.1. The summed E-state index contributed by atoms with van der Waals surface area (Å²) >= 11 is 0. The van der Waals surface area contributed by atoms with Crippen LogP contribution in [-0.4, -0.2) is 24.2 Å². The molecule has 1 aromatic carbocycles. The predicted octanol–water partition coefficient (Wildman–Crippen LogP) is 2.30. The van der Waals surface area contributed by atoms with Gasteiger partial charge in [0.05, 0.1) is 6.42 Å². The Hall–Kier alpha value is -1.58. The fourth-order valence-electron chi connectivity index (χ4n) is 1.73. The van der Waals surface area contributed by atoms with Crippen molar-refractivity contribution in [3.8, 4) is 0 Å². The van der Waals surface area contributed by atoms with Gasteiger partial charge < -0.3 is 10.0 Å². The largest absolute Gasteiger partial charge is 0.481 e. The Morgan fingerprint density at radius 1 is 1.38 bits per heavy atom. The number of rotatable bonds is 5. The van der Waals surface area contributed by atoms with Crippen molar-refractivity contribution in [2.45, 2.75) is 20.3 Å². The molecule has 0 fully saturated rings. The average molecular weight is 225 g/mol. The number of hydrogen-bond acceptors (Lipinski definition) is 2. The number of benzene rings is 1. The minimum absolute atomic E-state index is 0.263. The quantitative estimate of drug-likeness (QED) is 0.835. The lowest BCUT2D eigenvalue weighted by Gasteiger charge is -2.23. The van der Waals surface area contributed by atoms with E-state index in [-0.39, 0.29) is 12.0 Å². The van der Waals surface area contributed by atoms with Crippen LogP contribution in [0.25, 0.3) is 0 Å². The molecule has 0 radical (unpaired) electrons. The van der Waals surface area contributed by atoms with E-state index < -0.39 is 11.8 Å². The van der Waals surface area contributed by atoms with Crippen molar-refractivity contribution in [2.24, 2.45) is 0 Å². The highest BCUT2D eigenvalue weighted by Crippen LogP contribution is 2.23. The van der Waals surface area contributed by atoms with Crippen molar-refractivity contribution in [3.63, 3.8) is 0 Å². The molecular formula is C12H16FNO2. The Morgan fingerprint density at radius 3 is 2.50 bits per heavy atom. The van der Waals surface area contributed by atoms with Gasteiger partial charge in [-0.3, -0.25) is 4.79 Å². The molecule has 1 N–H and O–H groups in total. The molecule has 1 aromatic rings. The van der Waals surface area contributed by atoms with E-state index in [4.69, 9.17) is 5.11 Å². The van der Waals surface area contributed by atoms with E-state index in [0.717, 1.165) is 13.1 Å². The monoisotopic (exact) mass is 225 g/mol. The lowest BCUT2D eigenvalue weighted by atomic mass is 10.1. The molecule has 0 atom stereocenters. The van der Waals surface area contributed by atoms with Gasteiger partial charge in [0, 0.05) is 24.3 Å². The van der Waals surface area contributed by atoms with Gasteiger partial charge in [-0.05, 0) is 26.0 Å². The van der Waals surface area contributed by atoms with Gasteiger partial charge in [0.2, 0.25) is 0 Å². The summed E-state index contributed by atoms with van der Waals surface area (Å²) < 4.78 is 13.6. The first-order valence-electron chi connectivity index (χ1n) is 5.34. The highest BCUT2D eigenvalue weighted by molar-refractivity contribution is 5.73. The molecule has 0 aliphatic rings. The Kier molecular flexibility index (Phi) is 4.28. The van der Waals surface area contributed by atoms with Gasteiger partial charge in [0.1, 0.15) is 5.82 Å². The minimum atomic E-state index is -1.02.